The van der Waals surface area contributed by atoms with E-state index in [0.717, 1.165) is 12.8 Å². The van der Waals surface area contributed by atoms with Gasteiger partial charge in [0.15, 0.2) is 0 Å². The number of ketones is 1. The average molecular weight is 229 g/mol. The molecule has 0 rings (SSSR count). The van der Waals surface area contributed by atoms with Crippen molar-refractivity contribution in [3.8, 4) is 0 Å². The highest BCUT2D eigenvalue weighted by Gasteiger charge is 2.22. The second kappa shape index (κ2) is 7.80. The maximum Gasteiger partial charge on any atom is 0.135 e. The van der Waals surface area contributed by atoms with Crippen molar-refractivity contribution in [2.45, 2.75) is 65.5 Å². The standard InChI is InChI=1S/C13H27NO2/c1-5-10(4)13(14)12(16)8-11(15)7-6-9(2)3/h9-10,12-13,16H,5-8,14H2,1-4H3/t10-,12-,13+/m0/s1. The molecule has 16 heavy (non-hydrogen) atoms. The molecule has 0 saturated heterocycles. The lowest BCUT2D eigenvalue weighted by Gasteiger charge is -2.23. The Morgan fingerprint density at radius 1 is 1.31 bits per heavy atom. The van der Waals surface area contributed by atoms with Crippen molar-refractivity contribution < 1.29 is 9.90 Å². The van der Waals surface area contributed by atoms with Crippen molar-refractivity contribution in [1.82, 2.24) is 0 Å². The SMILES string of the molecule is CC[C@H](C)[C@@H](N)[C@@H](O)CC(=O)CCC(C)C. The number of nitrogens with two attached hydrogens (primary N) is 1. The molecule has 0 heterocycles. The zero-order valence-corrected chi connectivity index (χ0v) is 11.1. The Labute approximate surface area is 99.4 Å². The number of rotatable bonds is 8. The average Bonchev–Trinajstić information content (AvgIpc) is 2.24. The van der Waals surface area contributed by atoms with E-state index in [0.29, 0.717) is 12.3 Å². The zero-order valence-electron chi connectivity index (χ0n) is 11.1. The van der Waals surface area contributed by atoms with E-state index >= 15 is 0 Å². The van der Waals surface area contributed by atoms with Gasteiger partial charge < -0.3 is 10.8 Å². The summed E-state index contributed by atoms with van der Waals surface area (Å²) >= 11 is 0. The highest BCUT2D eigenvalue weighted by molar-refractivity contribution is 5.78. The number of Topliss-reactive ketones (excluding diaryl/α,β-unsaturated/α-hetero) is 1. The van der Waals surface area contributed by atoms with Crippen LogP contribution < -0.4 is 5.73 Å². The minimum atomic E-state index is -0.686. The first kappa shape index (κ1) is 15.6. The Morgan fingerprint density at radius 2 is 1.88 bits per heavy atom. The van der Waals surface area contributed by atoms with E-state index in [9.17, 15) is 9.90 Å². The molecule has 0 aromatic heterocycles. The fourth-order valence-electron chi connectivity index (χ4n) is 1.57. The van der Waals surface area contributed by atoms with Crippen molar-refractivity contribution in [3.63, 3.8) is 0 Å². The lowest BCUT2D eigenvalue weighted by atomic mass is 9.91. The Bertz CT molecular complexity index is 204. The van der Waals surface area contributed by atoms with E-state index in [1.54, 1.807) is 0 Å². The lowest BCUT2D eigenvalue weighted by molar-refractivity contribution is -0.121. The van der Waals surface area contributed by atoms with E-state index in [2.05, 4.69) is 13.8 Å². The van der Waals surface area contributed by atoms with Gasteiger partial charge in [-0.3, -0.25) is 4.79 Å². The number of hydrogen-bond acceptors (Lipinski definition) is 3. The topological polar surface area (TPSA) is 63.3 Å². The van der Waals surface area contributed by atoms with Gasteiger partial charge in [0.25, 0.3) is 0 Å². The smallest absolute Gasteiger partial charge is 0.135 e. The second-order valence-corrected chi connectivity index (χ2v) is 5.21. The number of hydrogen-bond donors (Lipinski definition) is 2. The van der Waals surface area contributed by atoms with E-state index in [1.807, 2.05) is 13.8 Å². The fraction of sp³-hybridized carbons (Fsp3) is 0.923. The van der Waals surface area contributed by atoms with Crippen LogP contribution in [0.3, 0.4) is 0 Å². The number of aliphatic hydroxyl groups excluding tert-OH is 1. The van der Waals surface area contributed by atoms with Gasteiger partial charge in [0, 0.05) is 18.9 Å². The van der Waals surface area contributed by atoms with Crippen LogP contribution in [-0.2, 0) is 4.79 Å². The first-order valence-corrected chi connectivity index (χ1v) is 6.33. The number of carbonyl (C=O) groups is 1. The van der Waals surface area contributed by atoms with Crippen molar-refractivity contribution in [2.75, 3.05) is 0 Å². The first-order chi connectivity index (χ1) is 7.38. The summed E-state index contributed by atoms with van der Waals surface area (Å²) in [6.07, 6.45) is 1.90. The van der Waals surface area contributed by atoms with Gasteiger partial charge in [0.1, 0.15) is 5.78 Å². The van der Waals surface area contributed by atoms with Crippen LogP contribution in [0.1, 0.15) is 53.4 Å². The quantitative estimate of drug-likeness (QED) is 0.670. The Kier molecular flexibility index (Phi) is 7.60. The molecule has 0 unspecified atom stereocenters. The molecule has 0 saturated carbocycles. The van der Waals surface area contributed by atoms with Crippen LogP contribution in [0.5, 0.6) is 0 Å². The van der Waals surface area contributed by atoms with Gasteiger partial charge in [-0.25, -0.2) is 0 Å². The molecule has 0 bridgehead atoms. The molecule has 0 fully saturated rings. The molecule has 0 aromatic rings. The van der Waals surface area contributed by atoms with Crippen molar-refractivity contribution in [2.24, 2.45) is 17.6 Å². The zero-order chi connectivity index (χ0) is 12.7. The van der Waals surface area contributed by atoms with Gasteiger partial charge in [-0.05, 0) is 18.3 Å². The molecule has 3 nitrogen and oxygen atoms in total. The summed E-state index contributed by atoms with van der Waals surface area (Å²) in [4.78, 5) is 11.6. The monoisotopic (exact) mass is 229 g/mol. The Hall–Kier alpha value is -0.410. The summed E-state index contributed by atoms with van der Waals surface area (Å²) in [7, 11) is 0. The summed E-state index contributed by atoms with van der Waals surface area (Å²) in [5, 5.41) is 9.81. The maximum absolute atomic E-state index is 11.6. The van der Waals surface area contributed by atoms with Crippen LogP contribution in [0.4, 0.5) is 0 Å². The molecular formula is C13H27NO2. The molecule has 96 valence electrons. The molecule has 0 aliphatic heterocycles. The summed E-state index contributed by atoms with van der Waals surface area (Å²) < 4.78 is 0. The normalized spacial score (nSPS) is 17.2. The molecule has 3 heteroatoms. The second-order valence-electron chi connectivity index (χ2n) is 5.21. The Morgan fingerprint density at radius 3 is 2.31 bits per heavy atom. The molecular weight excluding hydrogens is 202 g/mol. The summed E-state index contributed by atoms with van der Waals surface area (Å²) in [5.41, 5.74) is 5.87. The Balaban J connectivity index is 3.94. The third-order valence-electron chi connectivity index (χ3n) is 3.18. The van der Waals surface area contributed by atoms with Crippen LogP contribution in [0.2, 0.25) is 0 Å². The first-order valence-electron chi connectivity index (χ1n) is 6.33. The van der Waals surface area contributed by atoms with Gasteiger partial charge in [-0.2, -0.15) is 0 Å². The molecule has 3 atom stereocenters. The van der Waals surface area contributed by atoms with Crippen LogP contribution >= 0.6 is 0 Å². The molecule has 0 aliphatic carbocycles. The minimum absolute atomic E-state index is 0.125. The van der Waals surface area contributed by atoms with E-state index in [-0.39, 0.29) is 24.2 Å². The van der Waals surface area contributed by atoms with Crippen molar-refractivity contribution >= 4 is 5.78 Å². The number of carbonyl (C=O) groups excluding carboxylic acids is 1. The predicted molar refractivity (Wildman–Crippen MR) is 67.1 cm³/mol. The van der Waals surface area contributed by atoms with Crippen LogP contribution in [0.25, 0.3) is 0 Å². The minimum Gasteiger partial charge on any atom is -0.391 e. The van der Waals surface area contributed by atoms with Gasteiger partial charge in [0.2, 0.25) is 0 Å². The van der Waals surface area contributed by atoms with E-state index < -0.39 is 6.10 Å². The molecule has 0 spiro atoms. The predicted octanol–water partition coefficient (Wildman–Crippen LogP) is 2.12. The van der Waals surface area contributed by atoms with Crippen LogP contribution in [0.15, 0.2) is 0 Å². The molecule has 0 amide bonds. The molecule has 0 aromatic carbocycles. The summed E-state index contributed by atoms with van der Waals surface area (Å²) in [6, 6.07) is -0.284. The van der Waals surface area contributed by atoms with Crippen molar-refractivity contribution in [1.29, 1.82) is 0 Å². The van der Waals surface area contributed by atoms with E-state index in [4.69, 9.17) is 5.73 Å². The lowest BCUT2D eigenvalue weighted by Crippen LogP contribution is -2.41. The van der Waals surface area contributed by atoms with Crippen LogP contribution in [-0.4, -0.2) is 23.0 Å². The maximum atomic E-state index is 11.6. The van der Waals surface area contributed by atoms with Gasteiger partial charge in [0.05, 0.1) is 6.10 Å². The molecule has 3 N–H and O–H groups in total. The third-order valence-corrected chi connectivity index (χ3v) is 3.18. The highest BCUT2D eigenvalue weighted by Crippen LogP contribution is 2.13. The highest BCUT2D eigenvalue weighted by atomic mass is 16.3. The fourth-order valence-corrected chi connectivity index (χ4v) is 1.57. The summed E-state index contributed by atoms with van der Waals surface area (Å²) in [6.45, 7) is 8.23. The number of aliphatic hydroxyl groups is 1. The van der Waals surface area contributed by atoms with Gasteiger partial charge >= 0.3 is 0 Å². The molecule has 0 radical (unpaired) electrons. The molecule has 0 aliphatic rings. The van der Waals surface area contributed by atoms with E-state index in [1.165, 1.54) is 0 Å². The van der Waals surface area contributed by atoms with Crippen molar-refractivity contribution in [3.05, 3.63) is 0 Å². The largest absolute Gasteiger partial charge is 0.391 e. The van der Waals surface area contributed by atoms with Gasteiger partial charge in [-0.1, -0.05) is 34.1 Å². The van der Waals surface area contributed by atoms with Gasteiger partial charge in [-0.15, -0.1) is 0 Å². The van der Waals surface area contributed by atoms with Crippen LogP contribution in [0, 0.1) is 11.8 Å². The summed E-state index contributed by atoms with van der Waals surface area (Å²) in [5.74, 6) is 0.914. The third kappa shape index (κ3) is 6.23.